The van der Waals surface area contributed by atoms with Crippen molar-refractivity contribution < 1.29 is 9.53 Å². The van der Waals surface area contributed by atoms with Gasteiger partial charge in [-0.15, -0.1) is 0 Å². The van der Waals surface area contributed by atoms with Gasteiger partial charge in [0.2, 0.25) is 0 Å². The van der Waals surface area contributed by atoms with Gasteiger partial charge in [0.1, 0.15) is 24.0 Å². The van der Waals surface area contributed by atoms with Gasteiger partial charge in [-0.05, 0) is 58.7 Å². The number of hydrogen-bond acceptors (Lipinski definition) is 3. The third-order valence-electron chi connectivity index (χ3n) is 5.20. The maximum absolute atomic E-state index is 12.6. The van der Waals surface area contributed by atoms with Gasteiger partial charge in [0.15, 0.2) is 0 Å². The molecule has 0 bridgehead atoms. The van der Waals surface area contributed by atoms with Crippen LogP contribution in [0.5, 0.6) is 5.75 Å². The van der Waals surface area contributed by atoms with Crippen LogP contribution in [0.25, 0.3) is 16.8 Å². The molecular formula is C28H22N2O2. The number of para-hydroxylation sites is 1. The average molecular weight is 418 g/mol. The summed E-state index contributed by atoms with van der Waals surface area (Å²) >= 11 is 0. The monoisotopic (exact) mass is 418 g/mol. The van der Waals surface area contributed by atoms with E-state index < -0.39 is 5.91 Å². The fourth-order valence-corrected chi connectivity index (χ4v) is 3.49. The molecule has 0 saturated heterocycles. The van der Waals surface area contributed by atoms with Crippen molar-refractivity contribution in [2.24, 2.45) is 0 Å². The lowest BCUT2D eigenvalue weighted by molar-refractivity contribution is -0.112. The van der Waals surface area contributed by atoms with Gasteiger partial charge in [0.25, 0.3) is 5.91 Å². The van der Waals surface area contributed by atoms with Gasteiger partial charge in [-0.3, -0.25) is 4.79 Å². The number of fused-ring (bicyclic) bond motifs is 1. The van der Waals surface area contributed by atoms with Crippen LogP contribution in [-0.2, 0) is 11.4 Å². The van der Waals surface area contributed by atoms with E-state index in [1.54, 1.807) is 6.08 Å². The van der Waals surface area contributed by atoms with E-state index in [9.17, 15) is 10.1 Å². The molecular weight excluding hydrogens is 396 g/mol. The number of carbonyl (C=O) groups is 1. The maximum Gasteiger partial charge on any atom is 0.266 e. The Hall–Kier alpha value is -4.36. The van der Waals surface area contributed by atoms with E-state index in [2.05, 4.69) is 29.6 Å². The predicted molar refractivity (Wildman–Crippen MR) is 128 cm³/mol. The van der Waals surface area contributed by atoms with Crippen molar-refractivity contribution in [2.45, 2.75) is 13.5 Å². The normalized spacial score (nSPS) is 11.1. The van der Waals surface area contributed by atoms with Gasteiger partial charge in [-0.1, -0.05) is 72.8 Å². The van der Waals surface area contributed by atoms with E-state index >= 15 is 0 Å². The van der Waals surface area contributed by atoms with E-state index in [1.807, 2.05) is 79.7 Å². The van der Waals surface area contributed by atoms with Crippen molar-refractivity contribution in [2.75, 3.05) is 5.32 Å². The summed E-state index contributed by atoms with van der Waals surface area (Å²) in [5.41, 5.74) is 3.46. The first-order chi connectivity index (χ1) is 15.6. The SMILES string of the molecule is Cc1ccccc1NC(=O)/C(C#N)=C/c1cccc(OCc2cccc3ccccc23)c1. The van der Waals surface area contributed by atoms with E-state index in [-0.39, 0.29) is 5.57 Å². The molecule has 0 aromatic heterocycles. The summed E-state index contributed by atoms with van der Waals surface area (Å²) in [5.74, 6) is 0.229. The van der Waals surface area contributed by atoms with Crippen LogP contribution in [0.4, 0.5) is 5.69 Å². The highest BCUT2D eigenvalue weighted by Crippen LogP contribution is 2.22. The average Bonchev–Trinajstić information content (AvgIpc) is 2.83. The Balaban J connectivity index is 1.50. The molecule has 0 radical (unpaired) electrons. The number of hydrogen-bond donors (Lipinski definition) is 1. The second kappa shape index (κ2) is 9.63. The van der Waals surface area contributed by atoms with Crippen molar-refractivity contribution in [3.63, 3.8) is 0 Å². The van der Waals surface area contributed by atoms with Crippen molar-refractivity contribution in [1.29, 1.82) is 5.26 Å². The van der Waals surface area contributed by atoms with Crippen LogP contribution in [-0.4, -0.2) is 5.91 Å². The Labute approximate surface area is 187 Å². The second-order valence-electron chi connectivity index (χ2n) is 7.44. The number of nitriles is 1. The fourth-order valence-electron chi connectivity index (χ4n) is 3.49. The highest BCUT2D eigenvalue weighted by atomic mass is 16.5. The summed E-state index contributed by atoms with van der Waals surface area (Å²) in [5, 5.41) is 14.6. The van der Waals surface area contributed by atoms with Crippen molar-refractivity contribution >= 4 is 28.4 Å². The molecule has 0 aliphatic heterocycles. The zero-order valence-electron chi connectivity index (χ0n) is 17.7. The van der Waals surface area contributed by atoms with Crippen LogP contribution in [0.2, 0.25) is 0 Å². The first kappa shape index (κ1) is 20.9. The van der Waals surface area contributed by atoms with Gasteiger partial charge >= 0.3 is 0 Å². The lowest BCUT2D eigenvalue weighted by Gasteiger charge is -2.10. The zero-order valence-corrected chi connectivity index (χ0v) is 17.7. The minimum atomic E-state index is -0.441. The summed E-state index contributed by atoms with van der Waals surface area (Å²) < 4.78 is 6.02. The Morgan fingerprint density at radius 1 is 0.969 bits per heavy atom. The van der Waals surface area contributed by atoms with E-state index in [4.69, 9.17) is 4.74 Å². The molecule has 0 atom stereocenters. The standard InChI is InChI=1S/C28H22N2O2/c1-20-8-2-5-15-27(20)30-28(31)24(18-29)16-21-9-6-13-25(17-21)32-19-23-12-7-11-22-10-3-4-14-26(22)23/h2-17H,19H2,1H3,(H,30,31)/b24-16+. The van der Waals surface area contributed by atoms with E-state index in [0.29, 0.717) is 18.0 Å². The van der Waals surface area contributed by atoms with Gasteiger partial charge in [0.05, 0.1) is 0 Å². The lowest BCUT2D eigenvalue weighted by Crippen LogP contribution is -2.14. The number of amides is 1. The lowest BCUT2D eigenvalue weighted by atomic mass is 10.1. The van der Waals surface area contributed by atoms with E-state index in [0.717, 1.165) is 22.1 Å². The summed E-state index contributed by atoms with van der Waals surface area (Å²) in [7, 11) is 0. The quantitative estimate of drug-likeness (QED) is 0.296. The Kier molecular flexibility index (Phi) is 6.29. The number of carbonyl (C=O) groups excluding carboxylic acids is 1. The summed E-state index contributed by atoms with van der Waals surface area (Å²) in [6.07, 6.45) is 1.57. The van der Waals surface area contributed by atoms with Crippen molar-refractivity contribution in [3.05, 3.63) is 113 Å². The molecule has 0 fully saturated rings. The molecule has 0 saturated carbocycles. The van der Waals surface area contributed by atoms with Crippen LogP contribution < -0.4 is 10.1 Å². The Bertz CT molecular complexity index is 1340. The number of anilines is 1. The molecule has 0 heterocycles. The topological polar surface area (TPSA) is 62.1 Å². The predicted octanol–water partition coefficient (Wildman–Crippen LogP) is 6.27. The first-order valence-electron chi connectivity index (χ1n) is 10.3. The fraction of sp³-hybridized carbons (Fsp3) is 0.0714. The highest BCUT2D eigenvalue weighted by Gasteiger charge is 2.11. The van der Waals surface area contributed by atoms with Crippen LogP contribution in [0, 0.1) is 18.3 Å². The molecule has 4 rings (SSSR count). The number of nitrogens with zero attached hydrogens (tertiary/aromatic N) is 1. The molecule has 0 unspecified atom stereocenters. The Morgan fingerprint density at radius 2 is 1.72 bits per heavy atom. The van der Waals surface area contributed by atoms with Crippen LogP contribution in [0.1, 0.15) is 16.7 Å². The zero-order chi connectivity index (χ0) is 22.3. The minimum Gasteiger partial charge on any atom is -0.489 e. The second-order valence-corrected chi connectivity index (χ2v) is 7.44. The number of ether oxygens (including phenoxy) is 1. The highest BCUT2D eigenvalue weighted by molar-refractivity contribution is 6.10. The largest absolute Gasteiger partial charge is 0.489 e. The molecule has 0 spiro atoms. The third kappa shape index (κ3) is 4.85. The number of nitrogens with one attached hydrogen (secondary N) is 1. The third-order valence-corrected chi connectivity index (χ3v) is 5.20. The Morgan fingerprint density at radius 3 is 2.56 bits per heavy atom. The molecule has 4 aromatic rings. The van der Waals surface area contributed by atoms with Gasteiger partial charge in [-0.2, -0.15) is 5.26 Å². The van der Waals surface area contributed by atoms with Crippen LogP contribution >= 0.6 is 0 Å². The smallest absolute Gasteiger partial charge is 0.266 e. The number of benzene rings is 4. The molecule has 4 aromatic carbocycles. The molecule has 156 valence electrons. The van der Waals surface area contributed by atoms with Gasteiger partial charge in [0, 0.05) is 5.69 Å². The van der Waals surface area contributed by atoms with Crippen LogP contribution in [0.15, 0.2) is 96.6 Å². The first-order valence-corrected chi connectivity index (χ1v) is 10.3. The molecule has 0 aliphatic carbocycles. The van der Waals surface area contributed by atoms with Crippen molar-refractivity contribution in [1.82, 2.24) is 0 Å². The molecule has 4 heteroatoms. The number of rotatable bonds is 6. The summed E-state index contributed by atoms with van der Waals surface area (Å²) in [6.45, 7) is 2.33. The molecule has 4 nitrogen and oxygen atoms in total. The van der Waals surface area contributed by atoms with Crippen LogP contribution in [0.3, 0.4) is 0 Å². The summed E-state index contributed by atoms with van der Waals surface area (Å²) in [4.78, 5) is 12.6. The minimum absolute atomic E-state index is 0.0273. The van der Waals surface area contributed by atoms with Gasteiger partial charge in [-0.25, -0.2) is 0 Å². The van der Waals surface area contributed by atoms with Crippen molar-refractivity contribution in [3.8, 4) is 11.8 Å². The van der Waals surface area contributed by atoms with E-state index in [1.165, 1.54) is 5.39 Å². The molecule has 32 heavy (non-hydrogen) atoms. The summed E-state index contributed by atoms with van der Waals surface area (Å²) in [6, 6.07) is 31.2. The maximum atomic E-state index is 12.6. The molecule has 0 aliphatic rings. The molecule has 1 N–H and O–H groups in total. The number of aryl methyl sites for hydroxylation is 1. The molecule has 1 amide bonds. The van der Waals surface area contributed by atoms with Gasteiger partial charge < -0.3 is 10.1 Å².